The summed E-state index contributed by atoms with van der Waals surface area (Å²) in [6.07, 6.45) is -0.846. The Labute approximate surface area is 98.8 Å². The number of hydrogen-bond donors (Lipinski definition) is 1. The molecule has 1 aliphatic rings. The van der Waals surface area contributed by atoms with Gasteiger partial charge in [0.25, 0.3) is 0 Å². The van der Waals surface area contributed by atoms with E-state index in [9.17, 15) is 13.2 Å². The summed E-state index contributed by atoms with van der Waals surface area (Å²) in [5, 5.41) is 0. The molecule has 0 unspecified atom stereocenters. The molecule has 0 saturated heterocycles. The second-order valence-corrected chi connectivity index (χ2v) is 4.73. The number of hydrogen-bond acceptors (Lipinski definition) is 1. The molecule has 2 N–H and O–H groups in total. The first-order valence-corrected chi connectivity index (χ1v) is 5.86. The third kappa shape index (κ3) is 2.18. The zero-order valence-electron chi connectivity index (χ0n) is 9.56. The van der Waals surface area contributed by atoms with Crippen LogP contribution in [0.2, 0.25) is 0 Å². The summed E-state index contributed by atoms with van der Waals surface area (Å²) in [4.78, 5) is 0. The lowest BCUT2D eigenvalue weighted by molar-refractivity contribution is -0.138. The first-order chi connectivity index (χ1) is 7.99. The van der Waals surface area contributed by atoms with Crippen molar-refractivity contribution in [2.24, 2.45) is 5.73 Å². The van der Waals surface area contributed by atoms with Gasteiger partial charge in [-0.15, -0.1) is 0 Å². The van der Waals surface area contributed by atoms with Gasteiger partial charge in [0, 0.05) is 12.0 Å². The van der Waals surface area contributed by atoms with Crippen LogP contribution in [-0.4, -0.2) is 6.54 Å². The Balaban J connectivity index is 2.51. The molecular formula is C13H16F3N. The molecule has 1 aromatic rings. The fourth-order valence-electron chi connectivity index (χ4n) is 2.83. The maximum Gasteiger partial charge on any atom is 0.416 e. The topological polar surface area (TPSA) is 26.0 Å². The smallest absolute Gasteiger partial charge is 0.330 e. The fourth-order valence-corrected chi connectivity index (χ4v) is 2.83. The molecule has 0 spiro atoms. The van der Waals surface area contributed by atoms with Crippen LogP contribution < -0.4 is 5.73 Å². The summed E-state index contributed by atoms with van der Waals surface area (Å²) in [5.41, 5.74) is 5.14. The van der Waals surface area contributed by atoms with Crippen molar-refractivity contribution in [3.8, 4) is 0 Å². The van der Waals surface area contributed by atoms with E-state index < -0.39 is 17.2 Å². The molecule has 94 valence electrons. The summed E-state index contributed by atoms with van der Waals surface area (Å²) >= 11 is 0. The van der Waals surface area contributed by atoms with Crippen LogP contribution in [0.5, 0.6) is 0 Å². The Morgan fingerprint density at radius 2 is 1.71 bits per heavy atom. The molecule has 0 aliphatic heterocycles. The van der Waals surface area contributed by atoms with Crippen molar-refractivity contribution in [2.45, 2.75) is 37.3 Å². The Bertz CT molecular complexity index is 392. The number of halogens is 3. The normalized spacial score (nSPS) is 19.5. The first-order valence-electron chi connectivity index (χ1n) is 5.86. The van der Waals surface area contributed by atoms with Crippen LogP contribution in [-0.2, 0) is 11.6 Å². The second-order valence-electron chi connectivity index (χ2n) is 4.73. The van der Waals surface area contributed by atoms with Crippen molar-refractivity contribution in [1.82, 2.24) is 0 Å². The average Bonchev–Trinajstić information content (AvgIpc) is 2.78. The van der Waals surface area contributed by atoms with E-state index in [1.165, 1.54) is 6.07 Å². The Morgan fingerprint density at radius 1 is 1.12 bits per heavy atom. The molecule has 17 heavy (non-hydrogen) atoms. The molecule has 1 nitrogen and oxygen atoms in total. The summed E-state index contributed by atoms with van der Waals surface area (Å²) in [7, 11) is 0. The molecule has 0 bridgehead atoms. The quantitative estimate of drug-likeness (QED) is 0.845. The maximum atomic E-state index is 13.0. The summed E-state index contributed by atoms with van der Waals surface area (Å²) in [6, 6.07) is 5.85. The highest BCUT2D eigenvalue weighted by atomic mass is 19.4. The molecule has 1 aromatic carbocycles. The molecule has 2 rings (SSSR count). The predicted octanol–water partition coefficient (Wildman–Crippen LogP) is 3.48. The van der Waals surface area contributed by atoms with E-state index in [0.29, 0.717) is 12.1 Å². The minimum absolute atomic E-state index is 0.292. The molecule has 0 aromatic heterocycles. The highest BCUT2D eigenvalue weighted by Gasteiger charge is 2.42. The number of alkyl halides is 3. The van der Waals surface area contributed by atoms with Gasteiger partial charge >= 0.3 is 6.18 Å². The van der Waals surface area contributed by atoms with Gasteiger partial charge in [-0.3, -0.25) is 0 Å². The maximum absolute atomic E-state index is 13.0. The van der Waals surface area contributed by atoms with Gasteiger partial charge < -0.3 is 5.73 Å². The van der Waals surface area contributed by atoms with Crippen molar-refractivity contribution >= 4 is 0 Å². The monoisotopic (exact) mass is 243 g/mol. The zero-order valence-corrected chi connectivity index (χ0v) is 9.56. The Morgan fingerprint density at radius 3 is 2.24 bits per heavy atom. The summed E-state index contributed by atoms with van der Waals surface area (Å²) < 4.78 is 38.9. The van der Waals surface area contributed by atoms with Crippen LogP contribution in [0.3, 0.4) is 0 Å². The van der Waals surface area contributed by atoms with Gasteiger partial charge in [0.1, 0.15) is 0 Å². The lowest BCUT2D eigenvalue weighted by atomic mass is 9.76. The minimum Gasteiger partial charge on any atom is -0.330 e. The van der Waals surface area contributed by atoms with Crippen LogP contribution in [0.1, 0.15) is 36.8 Å². The van der Waals surface area contributed by atoms with Crippen LogP contribution in [0, 0.1) is 0 Å². The Hall–Kier alpha value is -1.03. The van der Waals surface area contributed by atoms with E-state index in [4.69, 9.17) is 5.73 Å². The van der Waals surface area contributed by atoms with Gasteiger partial charge in [-0.05, 0) is 24.5 Å². The third-order valence-electron chi connectivity index (χ3n) is 3.76. The van der Waals surface area contributed by atoms with Crippen molar-refractivity contribution in [3.05, 3.63) is 35.4 Å². The average molecular weight is 243 g/mol. The Kier molecular flexibility index (Phi) is 3.17. The van der Waals surface area contributed by atoms with Crippen molar-refractivity contribution in [2.75, 3.05) is 6.54 Å². The van der Waals surface area contributed by atoms with E-state index in [2.05, 4.69) is 0 Å². The second kappa shape index (κ2) is 4.33. The number of benzene rings is 1. The molecule has 1 fully saturated rings. The highest BCUT2D eigenvalue weighted by molar-refractivity contribution is 5.37. The molecule has 0 radical (unpaired) electrons. The van der Waals surface area contributed by atoms with E-state index in [1.807, 2.05) is 0 Å². The van der Waals surface area contributed by atoms with E-state index in [0.717, 1.165) is 31.7 Å². The first kappa shape index (κ1) is 12.4. The van der Waals surface area contributed by atoms with Crippen LogP contribution in [0.15, 0.2) is 24.3 Å². The SMILES string of the molecule is NCC1(c2ccccc2C(F)(F)F)CCCC1. The van der Waals surface area contributed by atoms with Crippen molar-refractivity contribution in [1.29, 1.82) is 0 Å². The lowest BCUT2D eigenvalue weighted by Gasteiger charge is -2.30. The standard InChI is InChI=1S/C13H16F3N/c14-13(15,16)11-6-2-1-5-10(11)12(9-17)7-3-4-8-12/h1-2,5-6H,3-4,7-9,17H2. The fraction of sp³-hybridized carbons (Fsp3) is 0.538. The molecule has 1 saturated carbocycles. The summed E-state index contributed by atoms with van der Waals surface area (Å²) in [5.74, 6) is 0. The molecule has 0 heterocycles. The molecular weight excluding hydrogens is 227 g/mol. The molecule has 0 amide bonds. The minimum atomic E-state index is -4.29. The van der Waals surface area contributed by atoms with Crippen molar-refractivity contribution < 1.29 is 13.2 Å². The van der Waals surface area contributed by atoms with Crippen LogP contribution >= 0.6 is 0 Å². The van der Waals surface area contributed by atoms with Crippen LogP contribution in [0.25, 0.3) is 0 Å². The number of rotatable bonds is 2. The van der Waals surface area contributed by atoms with Gasteiger partial charge in [-0.25, -0.2) is 0 Å². The summed E-state index contributed by atoms with van der Waals surface area (Å²) in [6.45, 7) is 0.292. The van der Waals surface area contributed by atoms with Gasteiger partial charge in [-0.2, -0.15) is 13.2 Å². The lowest BCUT2D eigenvalue weighted by Crippen LogP contribution is -2.34. The van der Waals surface area contributed by atoms with E-state index in [1.54, 1.807) is 12.1 Å². The largest absolute Gasteiger partial charge is 0.416 e. The number of nitrogens with two attached hydrogens (primary N) is 1. The van der Waals surface area contributed by atoms with Crippen LogP contribution in [0.4, 0.5) is 13.2 Å². The van der Waals surface area contributed by atoms with E-state index >= 15 is 0 Å². The van der Waals surface area contributed by atoms with Gasteiger partial charge in [0.05, 0.1) is 5.56 Å². The molecule has 4 heteroatoms. The predicted molar refractivity (Wildman–Crippen MR) is 60.6 cm³/mol. The zero-order chi connectivity index (χ0) is 12.5. The van der Waals surface area contributed by atoms with Gasteiger partial charge in [0.2, 0.25) is 0 Å². The van der Waals surface area contributed by atoms with E-state index in [-0.39, 0.29) is 0 Å². The highest BCUT2D eigenvalue weighted by Crippen LogP contribution is 2.45. The molecule has 1 aliphatic carbocycles. The molecule has 0 atom stereocenters. The van der Waals surface area contributed by atoms with Gasteiger partial charge in [0.15, 0.2) is 0 Å². The third-order valence-corrected chi connectivity index (χ3v) is 3.76. The van der Waals surface area contributed by atoms with Crippen molar-refractivity contribution in [3.63, 3.8) is 0 Å². The van der Waals surface area contributed by atoms with Gasteiger partial charge in [-0.1, -0.05) is 31.0 Å².